The first-order valence-electron chi connectivity index (χ1n) is 6.28. The molecular formula is C12H23NO. The van der Waals surface area contributed by atoms with Gasteiger partial charge >= 0.3 is 0 Å². The van der Waals surface area contributed by atoms with Crippen molar-refractivity contribution in [1.29, 1.82) is 0 Å². The molecule has 1 aliphatic heterocycles. The van der Waals surface area contributed by atoms with Gasteiger partial charge in [0.05, 0.1) is 6.10 Å². The van der Waals surface area contributed by atoms with Gasteiger partial charge in [-0.3, -0.25) is 0 Å². The third-order valence-corrected chi connectivity index (χ3v) is 3.82. The highest BCUT2D eigenvalue weighted by Gasteiger charge is 2.24. The first kappa shape index (κ1) is 10.4. The Hall–Kier alpha value is -0.0800. The van der Waals surface area contributed by atoms with E-state index in [4.69, 9.17) is 0 Å². The molecule has 2 aliphatic rings. The van der Waals surface area contributed by atoms with E-state index < -0.39 is 0 Å². The van der Waals surface area contributed by atoms with Crippen LogP contribution in [-0.2, 0) is 0 Å². The summed E-state index contributed by atoms with van der Waals surface area (Å²) in [6.45, 7) is 2.61. The zero-order valence-corrected chi connectivity index (χ0v) is 9.12. The van der Waals surface area contributed by atoms with Crippen LogP contribution in [0.25, 0.3) is 0 Å². The average Bonchev–Trinajstić information content (AvgIpc) is 2.47. The maximum atomic E-state index is 9.46. The number of hydrogen-bond donors (Lipinski definition) is 1. The molecule has 82 valence electrons. The van der Waals surface area contributed by atoms with E-state index in [0.717, 1.165) is 18.9 Å². The summed E-state index contributed by atoms with van der Waals surface area (Å²) in [5, 5.41) is 9.46. The Labute approximate surface area is 87.3 Å². The molecule has 0 aromatic rings. The predicted molar refractivity (Wildman–Crippen MR) is 58.3 cm³/mol. The Morgan fingerprint density at radius 2 is 1.36 bits per heavy atom. The van der Waals surface area contributed by atoms with E-state index >= 15 is 0 Å². The van der Waals surface area contributed by atoms with Crippen molar-refractivity contribution >= 4 is 0 Å². The standard InChI is InChI=1S/C12H23NO/c14-12-7-5-11(6-8-12)13-9-3-1-2-4-10-13/h11-12,14H,1-10H2. The lowest BCUT2D eigenvalue weighted by Gasteiger charge is -2.35. The van der Waals surface area contributed by atoms with Crippen molar-refractivity contribution in [3.63, 3.8) is 0 Å². The van der Waals surface area contributed by atoms with Crippen LogP contribution in [0.1, 0.15) is 51.4 Å². The molecule has 2 rings (SSSR count). The summed E-state index contributed by atoms with van der Waals surface area (Å²) < 4.78 is 0. The maximum absolute atomic E-state index is 9.46. The normalized spacial score (nSPS) is 36.6. The molecule has 1 aliphatic carbocycles. The summed E-state index contributed by atoms with van der Waals surface area (Å²) in [6, 6.07) is 0.788. The Morgan fingerprint density at radius 1 is 0.786 bits per heavy atom. The summed E-state index contributed by atoms with van der Waals surface area (Å²) in [7, 11) is 0. The molecule has 1 heterocycles. The molecule has 0 aromatic heterocycles. The molecule has 0 bridgehead atoms. The van der Waals surface area contributed by atoms with Gasteiger partial charge in [0.15, 0.2) is 0 Å². The van der Waals surface area contributed by atoms with Crippen LogP contribution in [0.4, 0.5) is 0 Å². The van der Waals surface area contributed by atoms with Crippen LogP contribution in [-0.4, -0.2) is 35.2 Å². The number of hydrogen-bond acceptors (Lipinski definition) is 2. The maximum Gasteiger partial charge on any atom is 0.0541 e. The fourth-order valence-corrected chi connectivity index (χ4v) is 2.88. The average molecular weight is 197 g/mol. The van der Waals surface area contributed by atoms with Gasteiger partial charge in [-0.2, -0.15) is 0 Å². The topological polar surface area (TPSA) is 23.5 Å². The van der Waals surface area contributed by atoms with Crippen LogP contribution in [0.5, 0.6) is 0 Å². The van der Waals surface area contributed by atoms with Crippen LogP contribution in [0, 0.1) is 0 Å². The molecule has 2 nitrogen and oxygen atoms in total. The second kappa shape index (κ2) is 5.13. The lowest BCUT2D eigenvalue weighted by Crippen LogP contribution is -2.39. The summed E-state index contributed by atoms with van der Waals surface area (Å²) >= 11 is 0. The molecule has 2 heteroatoms. The monoisotopic (exact) mass is 197 g/mol. The second-order valence-corrected chi connectivity index (χ2v) is 4.91. The lowest BCUT2D eigenvalue weighted by atomic mass is 9.92. The van der Waals surface area contributed by atoms with Gasteiger partial charge in [0.1, 0.15) is 0 Å². The minimum atomic E-state index is -0.00164. The molecular weight excluding hydrogens is 174 g/mol. The van der Waals surface area contributed by atoms with Crippen molar-refractivity contribution in [3.8, 4) is 0 Å². The second-order valence-electron chi connectivity index (χ2n) is 4.91. The molecule has 14 heavy (non-hydrogen) atoms. The van der Waals surface area contributed by atoms with Crippen molar-refractivity contribution in [2.24, 2.45) is 0 Å². The number of aliphatic hydroxyl groups excluding tert-OH is 1. The number of nitrogens with zero attached hydrogens (tertiary/aromatic N) is 1. The fraction of sp³-hybridized carbons (Fsp3) is 1.00. The van der Waals surface area contributed by atoms with E-state index in [0.29, 0.717) is 0 Å². The van der Waals surface area contributed by atoms with Crippen molar-refractivity contribution in [2.75, 3.05) is 13.1 Å². The molecule has 1 N–H and O–H groups in total. The summed E-state index contributed by atoms with van der Waals surface area (Å²) in [6.07, 6.45) is 10.1. The van der Waals surface area contributed by atoms with Crippen LogP contribution in [0.15, 0.2) is 0 Å². The van der Waals surface area contributed by atoms with E-state index in [-0.39, 0.29) is 6.10 Å². The van der Waals surface area contributed by atoms with Gasteiger partial charge < -0.3 is 10.0 Å². The predicted octanol–water partition coefficient (Wildman–Crippen LogP) is 2.17. The molecule has 1 saturated carbocycles. The summed E-state index contributed by atoms with van der Waals surface area (Å²) in [5.74, 6) is 0. The van der Waals surface area contributed by atoms with Crippen LogP contribution in [0.2, 0.25) is 0 Å². The van der Waals surface area contributed by atoms with Gasteiger partial charge in [0.25, 0.3) is 0 Å². The number of rotatable bonds is 1. The fourth-order valence-electron chi connectivity index (χ4n) is 2.88. The van der Waals surface area contributed by atoms with E-state index in [1.54, 1.807) is 0 Å². The molecule has 0 spiro atoms. The van der Waals surface area contributed by atoms with Crippen LogP contribution < -0.4 is 0 Å². The van der Waals surface area contributed by atoms with Gasteiger partial charge in [-0.05, 0) is 51.6 Å². The molecule has 0 unspecified atom stereocenters. The zero-order valence-electron chi connectivity index (χ0n) is 9.12. The minimum absolute atomic E-state index is 0.00164. The van der Waals surface area contributed by atoms with Crippen molar-refractivity contribution in [3.05, 3.63) is 0 Å². The SMILES string of the molecule is OC1CCC(N2CCCCCC2)CC1. The molecule has 0 amide bonds. The first-order chi connectivity index (χ1) is 6.86. The van der Waals surface area contributed by atoms with Gasteiger partial charge in [-0.1, -0.05) is 12.8 Å². The van der Waals surface area contributed by atoms with Crippen molar-refractivity contribution < 1.29 is 5.11 Å². The number of likely N-dealkylation sites (tertiary alicyclic amines) is 1. The van der Waals surface area contributed by atoms with Gasteiger partial charge in [-0.15, -0.1) is 0 Å². The summed E-state index contributed by atoms with van der Waals surface area (Å²) in [4.78, 5) is 2.68. The Morgan fingerprint density at radius 3 is 1.93 bits per heavy atom. The lowest BCUT2D eigenvalue weighted by molar-refractivity contribution is 0.0752. The Bertz CT molecular complexity index is 156. The van der Waals surface area contributed by atoms with E-state index in [1.165, 1.54) is 51.6 Å². The summed E-state index contributed by atoms with van der Waals surface area (Å²) in [5.41, 5.74) is 0. The highest BCUT2D eigenvalue weighted by molar-refractivity contribution is 4.80. The molecule has 2 fully saturated rings. The molecule has 0 aromatic carbocycles. The Balaban J connectivity index is 1.81. The van der Waals surface area contributed by atoms with Gasteiger partial charge in [-0.25, -0.2) is 0 Å². The minimum Gasteiger partial charge on any atom is -0.393 e. The molecule has 0 atom stereocenters. The number of aliphatic hydroxyl groups is 1. The first-order valence-corrected chi connectivity index (χ1v) is 6.28. The van der Waals surface area contributed by atoms with E-state index in [1.807, 2.05) is 0 Å². The highest BCUT2D eigenvalue weighted by Crippen LogP contribution is 2.25. The zero-order chi connectivity index (χ0) is 9.80. The third-order valence-electron chi connectivity index (χ3n) is 3.82. The smallest absolute Gasteiger partial charge is 0.0541 e. The largest absolute Gasteiger partial charge is 0.393 e. The van der Waals surface area contributed by atoms with Crippen LogP contribution >= 0.6 is 0 Å². The van der Waals surface area contributed by atoms with Gasteiger partial charge in [0, 0.05) is 6.04 Å². The third kappa shape index (κ3) is 2.71. The van der Waals surface area contributed by atoms with E-state index in [9.17, 15) is 5.11 Å². The van der Waals surface area contributed by atoms with Crippen molar-refractivity contribution in [2.45, 2.75) is 63.5 Å². The van der Waals surface area contributed by atoms with E-state index in [2.05, 4.69) is 4.90 Å². The van der Waals surface area contributed by atoms with Gasteiger partial charge in [0.2, 0.25) is 0 Å². The molecule has 1 saturated heterocycles. The van der Waals surface area contributed by atoms with Crippen molar-refractivity contribution in [1.82, 2.24) is 4.90 Å². The quantitative estimate of drug-likeness (QED) is 0.696. The van der Waals surface area contributed by atoms with Crippen LogP contribution in [0.3, 0.4) is 0 Å². The highest BCUT2D eigenvalue weighted by atomic mass is 16.3. The molecule has 0 radical (unpaired) electrons. The Kier molecular flexibility index (Phi) is 3.82.